The summed E-state index contributed by atoms with van der Waals surface area (Å²) in [6, 6.07) is 14.9. The van der Waals surface area contributed by atoms with E-state index in [0.29, 0.717) is 13.2 Å². The second kappa shape index (κ2) is 7.79. The fourth-order valence-corrected chi connectivity index (χ4v) is 2.27. The molecule has 0 saturated heterocycles. The van der Waals surface area contributed by atoms with Crippen LogP contribution in [0.25, 0.3) is 0 Å². The van der Waals surface area contributed by atoms with E-state index in [4.69, 9.17) is 10.5 Å². The fourth-order valence-electron chi connectivity index (χ4n) is 2.27. The van der Waals surface area contributed by atoms with Crippen LogP contribution in [0, 0.1) is 13.8 Å². The lowest BCUT2D eigenvalue weighted by Crippen LogP contribution is -2.38. The molecule has 2 aromatic carbocycles. The molecular weight excluding hydrogens is 288 g/mol. The molecule has 0 heterocycles. The third-order valence-electron chi connectivity index (χ3n) is 3.86. The van der Waals surface area contributed by atoms with E-state index in [1.165, 1.54) is 0 Å². The standard InChI is InChI=1S/C19H24N2O2/c1-14-8-10-16(11-9-14)18(20)19(22)21(3)12-13-23-17-7-5-4-6-15(17)2/h4-11,18H,12-13,20H2,1-3H3. The fraction of sp³-hybridized carbons (Fsp3) is 0.316. The topological polar surface area (TPSA) is 55.6 Å². The van der Waals surface area contributed by atoms with Gasteiger partial charge in [0.2, 0.25) is 5.91 Å². The smallest absolute Gasteiger partial charge is 0.243 e. The number of carbonyl (C=O) groups excluding carboxylic acids is 1. The predicted octanol–water partition coefficient (Wildman–Crippen LogP) is 2.84. The van der Waals surface area contributed by atoms with Crippen LogP contribution in [0.5, 0.6) is 5.75 Å². The van der Waals surface area contributed by atoms with Crippen molar-refractivity contribution in [1.82, 2.24) is 4.90 Å². The largest absolute Gasteiger partial charge is 0.491 e. The minimum absolute atomic E-state index is 0.109. The third kappa shape index (κ3) is 4.57. The molecule has 2 rings (SSSR count). The lowest BCUT2D eigenvalue weighted by molar-refractivity contribution is -0.131. The van der Waals surface area contributed by atoms with Crippen LogP contribution in [0.15, 0.2) is 48.5 Å². The maximum absolute atomic E-state index is 12.4. The van der Waals surface area contributed by atoms with Crippen molar-refractivity contribution in [2.45, 2.75) is 19.9 Å². The summed E-state index contributed by atoms with van der Waals surface area (Å²) >= 11 is 0. The molecule has 0 radical (unpaired) electrons. The van der Waals surface area contributed by atoms with Crippen LogP contribution in [-0.2, 0) is 4.79 Å². The maximum atomic E-state index is 12.4. The highest BCUT2D eigenvalue weighted by Gasteiger charge is 2.19. The number of hydrogen-bond donors (Lipinski definition) is 1. The van der Waals surface area contributed by atoms with E-state index < -0.39 is 6.04 Å². The number of amides is 1. The highest BCUT2D eigenvalue weighted by molar-refractivity contribution is 5.82. The van der Waals surface area contributed by atoms with E-state index in [1.807, 2.05) is 62.4 Å². The molecule has 4 heteroatoms. The Labute approximate surface area is 137 Å². The van der Waals surface area contributed by atoms with Crippen molar-refractivity contribution < 1.29 is 9.53 Å². The zero-order valence-electron chi connectivity index (χ0n) is 14.0. The van der Waals surface area contributed by atoms with Crippen LogP contribution in [0.1, 0.15) is 22.7 Å². The Morgan fingerprint density at radius 3 is 2.43 bits per heavy atom. The average molecular weight is 312 g/mol. The first-order chi connectivity index (χ1) is 11.0. The number of rotatable bonds is 6. The number of ether oxygens (including phenoxy) is 1. The number of aryl methyl sites for hydroxylation is 2. The van der Waals surface area contributed by atoms with Gasteiger partial charge in [-0.2, -0.15) is 0 Å². The van der Waals surface area contributed by atoms with Crippen LogP contribution in [0.3, 0.4) is 0 Å². The van der Waals surface area contributed by atoms with E-state index in [9.17, 15) is 4.79 Å². The first-order valence-corrected chi connectivity index (χ1v) is 7.74. The Balaban J connectivity index is 1.87. The van der Waals surface area contributed by atoms with Gasteiger partial charge in [0.15, 0.2) is 0 Å². The zero-order valence-corrected chi connectivity index (χ0v) is 14.0. The molecule has 0 spiro atoms. The quantitative estimate of drug-likeness (QED) is 0.892. The lowest BCUT2D eigenvalue weighted by Gasteiger charge is -2.22. The predicted molar refractivity (Wildman–Crippen MR) is 92.4 cm³/mol. The molecule has 0 aliphatic rings. The minimum Gasteiger partial charge on any atom is -0.491 e. The molecule has 2 N–H and O–H groups in total. The van der Waals surface area contributed by atoms with E-state index in [-0.39, 0.29) is 5.91 Å². The van der Waals surface area contributed by atoms with Gasteiger partial charge in [0.05, 0.1) is 6.54 Å². The normalized spacial score (nSPS) is 11.8. The van der Waals surface area contributed by atoms with Crippen molar-refractivity contribution >= 4 is 5.91 Å². The Bertz CT molecular complexity index is 653. The van der Waals surface area contributed by atoms with Crippen molar-refractivity contribution in [2.75, 3.05) is 20.2 Å². The first-order valence-electron chi connectivity index (χ1n) is 7.74. The number of para-hydroxylation sites is 1. The van der Waals surface area contributed by atoms with Crippen molar-refractivity contribution in [1.29, 1.82) is 0 Å². The van der Waals surface area contributed by atoms with Gasteiger partial charge in [0.1, 0.15) is 18.4 Å². The Kier molecular flexibility index (Phi) is 5.77. The first kappa shape index (κ1) is 17.0. The Morgan fingerprint density at radius 1 is 1.13 bits per heavy atom. The van der Waals surface area contributed by atoms with Gasteiger partial charge < -0.3 is 15.4 Å². The summed E-state index contributed by atoms with van der Waals surface area (Å²) in [4.78, 5) is 14.0. The lowest BCUT2D eigenvalue weighted by atomic mass is 10.1. The zero-order chi connectivity index (χ0) is 16.8. The Morgan fingerprint density at radius 2 is 1.78 bits per heavy atom. The number of hydrogen-bond acceptors (Lipinski definition) is 3. The van der Waals surface area contributed by atoms with Crippen LogP contribution in [0.4, 0.5) is 0 Å². The summed E-state index contributed by atoms with van der Waals surface area (Å²) in [5, 5.41) is 0. The minimum atomic E-state index is -0.640. The molecule has 1 atom stereocenters. The number of carbonyl (C=O) groups is 1. The molecule has 0 bridgehead atoms. The SMILES string of the molecule is Cc1ccc(C(N)C(=O)N(C)CCOc2ccccc2C)cc1. The van der Waals surface area contributed by atoms with E-state index in [0.717, 1.165) is 22.4 Å². The van der Waals surface area contributed by atoms with Gasteiger partial charge >= 0.3 is 0 Å². The van der Waals surface area contributed by atoms with Crippen molar-refractivity contribution in [3.63, 3.8) is 0 Å². The molecule has 0 aliphatic heterocycles. The highest BCUT2D eigenvalue weighted by Crippen LogP contribution is 2.16. The van der Waals surface area contributed by atoms with E-state index in [2.05, 4.69) is 0 Å². The van der Waals surface area contributed by atoms with E-state index >= 15 is 0 Å². The molecule has 0 aromatic heterocycles. The van der Waals surface area contributed by atoms with Gasteiger partial charge in [-0.3, -0.25) is 4.79 Å². The summed E-state index contributed by atoms with van der Waals surface area (Å²) in [6.07, 6.45) is 0. The third-order valence-corrected chi connectivity index (χ3v) is 3.86. The van der Waals surface area contributed by atoms with Gasteiger partial charge in [-0.05, 0) is 31.0 Å². The molecule has 122 valence electrons. The van der Waals surface area contributed by atoms with Crippen molar-refractivity contribution in [3.05, 3.63) is 65.2 Å². The highest BCUT2D eigenvalue weighted by atomic mass is 16.5. The molecule has 2 aromatic rings. The van der Waals surface area contributed by atoms with Crippen LogP contribution in [0.2, 0.25) is 0 Å². The molecule has 1 amide bonds. The number of likely N-dealkylation sites (N-methyl/N-ethyl adjacent to an activating group) is 1. The summed E-state index contributed by atoms with van der Waals surface area (Å²) in [5.41, 5.74) is 9.12. The summed E-state index contributed by atoms with van der Waals surface area (Å²) in [5.74, 6) is 0.735. The van der Waals surface area contributed by atoms with Gasteiger partial charge in [0, 0.05) is 7.05 Å². The molecule has 0 aliphatic carbocycles. The second-order valence-electron chi connectivity index (χ2n) is 5.76. The van der Waals surface area contributed by atoms with Crippen LogP contribution in [-0.4, -0.2) is 31.0 Å². The monoisotopic (exact) mass is 312 g/mol. The van der Waals surface area contributed by atoms with E-state index in [1.54, 1.807) is 11.9 Å². The van der Waals surface area contributed by atoms with Gasteiger partial charge in [-0.15, -0.1) is 0 Å². The molecular formula is C19H24N2O2. The molecule has 23 heavy (non-hydrogen) atoms. The van der Waals surface area contributed by atoms with Gasteiger partial charge in [-0.1, -0.05) is 48.0 Å². The van der Waals surface area contributed by atoms with Gasteiger partial charge in [-0.25, -0.2) is 0 Å². The van der Waals surface area contributed by atoms with Crippen molar-refractivity contribution in [2.24, 2.45) is 5.73 Å². The number of benzene rings is 2. The molecule has 0 fully saturated rings. The number of nitrogens with zero attached hydrogens (tertiary/aromatic N) is 1. The van der Waals surface area contributed by atoms with Crippen LogP contribution >= 0.6 is 0 Å². The van der Waals surface area contributed by atoms with Gasteiger partial charge in [0.25, 0.3) is 0 Å². The maximum Gasteiger partial charge on any atom is 0.243 e. The molecule has 0 saturated carbocycles. The van der Waals surface area contributed by atoms with Crippen LogP contribution < -0.4 is 10.5 Å². The van der Waals surface area contributed by atoms with Crippen molar-refractivity contribution in [3.8, 4) is 5.75 Å². The summed E-state index contributed by atoms with van der Waals surface area (Å²) in [6.45, 7) is 4.93. The molecule has 4 nitrogen and oxygen atoms in total. The second-order valence-corrected chi connectivity index (χ2v) is 5.76. The summed E-state index contributed by atoms with van der Waals surface area (Å²) < 4.78 is 5.72. The summed E-state index contributed by atoms with van der Waals surface area (Å²) in [7, 11) is 1.75. The average Bonchev–Trinajstić information content (AvgIpc) is 2.56. The molecule has 1 unspecified atom stereocenters. The Hall–Kier alpha value is -2.33. The number of nitrogens with two attached hydrogens (primary N) is 1.